The first-order chi connectivity index (χ1) is 15.7. The molecule has 0 aliphatic carbocycles. The van der Waals surface area contributed by atoms with E-state index < -0.39 is 6.17 Å². The van der Waals surface area contributed by atoms with Crippen molar-refractivity contribution in [2.45, 2.75) is 6.17 Å². The molecule has 1 aromatic heterocycles. The molecule has 0 bridgehead atoms. The van der Waals surface area contributed by atoms with Gasteiger partial charge in [-0.3, -0.25) is 9.79 Å². The maximum atomic E-state index is 13.1. The van der Waals surface area contributed by atoms with Crippen molar-refractivity contribution < 1.29 is 9.59 Å². The monoisotopic (exact) mass is 422 g/mol. The van der Waals surface area contributed by atoms with Crippen molar-refractivity contribution >= 4 is 34.5 Å². The molecule has 0 fully saturated rings. The zero-order valence-electron chi connectivity index (χ0n) is 17.4. The highest BCUT2D eigenvalue weighted by molar-refractivity contribution is 6.16. The van der Waals surface area contributed by atoms with E-state index in [9.17, 15) is 9.59 Å². The van der Waals surface area contributed by atoms with E-state index in [0.29, 0.717) is 12.2 Å². The van der Waals surface area contributed by atoms with Crippen LogP contribution in [-0.2, 0) is 4.79 Å². The second-order valence-corrected chi connectivity index (χ2v) is 7.69. The van der Waals surface area contributed by atoms with Gasteiger partial charge in [0.25, 0.3) is 5.91 Å². The number of hydrogen-bond donors (Lipinski definition) is 2. The number of nitrogens with zero attached hydrogens (tertiary/aromatic N) is 2. The largest absolute Gasteiger partial charge is 0.360 e. The summed E-state index contributed by atoms with van der Waals surface area (Å²) in [5.74, 6) is -0.237. The van der Waals surface area contributed by atoms with Gasteiger partial charge < -0.3 is 20.0 Å². The van der Waals surface area contributed by atoms with Crippen molar-refractivity contribution in [3.8, 4) is 0 Å². The minimum atomic E-state index is -0.531. The summed E-state index contributed by atoms with van der Waals surface area (Å²) >= 11 is 0. The Morgan fingerprint density at radius 3 is 2.59 bits per heavy atom. The van der Waals surface area contributed by atoms with Gasteiger partial charge in [0.2, 0.25) is 0 Å². The fraction of sp³-hybridized carbons (Fsp3) is 0.115. The van der Waals surface area contributed by atoms with E-state index in [-0.39, 0.29) is 12.5 Å². The molecule has 1 aliphatic rings. The first-order valence-corrected chi connectivity index (χ1v) is 10.5. The zero-order valence-corrected chi connectivity index (χ0v) is 17.4. The number of nitrogens with one attached hydrogen (secondary N) is 2. The number of fused-ring (bicyclic) bond motifs is 2. The smallest absolute Gasteiger partial charge is 0.269 e. The van der Waals surface area contributed by atoms with Gasteiger partial charge in [0.1, 0.15) is 18.1 Å². The number of H-pyrrole nitrogens is 1. The van der Waals surface area contributed by atoms with E-state index in [1.54, 1.807) is 0 Å². The molecule has 158 valence electrons. The first kappa shape index (κ1) is 19.8. The molecule has 1 aliphatic heterocycles. The molecule has 0 saturated carbocycles. The minimum absolute atomic E-state index is 0.216. The molecule has 1 unspecified atom stereocenters. The van der Waals surface area contributed by atoms with Crippen molar-refractivity contribution in [3.63, 3.8) is 0 Å². The molecule has 0 radical (unpaired) electrons. The van der Waals surface area contributed by atoms with Crippen LogP contribution in [0.5, 0.6) is 0 Å². The summed E-state index contributed by atoms with van der Waals surface area (Å²) < 4.78 is 0. The maximum Gasteiger partial charge on any atom is 0.269 e. The molecule has 5 rings (SSSR count). The van der Waals surface area contributed by atoms with E-state index in [1.165, 1.54) is 0 Å². The number of aliphatic imine (C=N–C) groups is 1. The lowest BCUT2D eigenvalue weighted by molar-refractivity contribution is -0.106. The van der Waals surface area contributed by atoms with Crippen LogP contribution in [0.3, 0.4) is 0 Å². The number of carbonyl (C=O) groups excluding carboxylic acids is 2. The predicted molar refractivity (Wildman–Crippen MR) is 126 cm³/mol. The SMILES string of the molecule is O=CCN1CC(NC(=O)c2cc3ccccc3[nH]2)N=C(c2ccccc2)c2ccccc21. The second-order valence-electron chi connectivity index (χ2n) is 7.69. The average molecular weight is 422 g/mol. The number of aromatic nitrogens is 1. The van der Waals surface area contributed by atoms with E-state index in [1.807, 2.05) is 89.8 Å². The lowest BCUT2D eigenvalue weighted by Gasteiger charge is -2.25. The highest BCUT2D eigenvalue weighted by Crippen LogP contribution is 2.27. The van der Waals surface area contributed by atoms with Crippen molar-refractivity contribution in [1.29, 1.82) is 0 Å². The van der Waals surface area contributed by atoms with Crippen LogP contribution in [0.2, 0.25) is 0 Å². The zero-order chi connectivity index (χ0) is 21.9. The van der Waals surface area contributed by atoms with Gasteiger partial charge in [-0.2, -0.15) is 0 Å². The summed E-state index contributed by atoms with van der Waals surface area (Å²) in [6.45, 7) is 0.603. The fourth-order valence-electron chi connectivity index (χ4n) is 4.11. The van der Waals surface area contributed by atoms with E-state index in [4.69, 9.17) is 4.99 Å². The number of benzodiazepines with no additional fused rings is 1. The lowest BCUT2D eigenvalue weighted by Crippen LogP contribution is -2.43. The topological polar surface area (TPSA) is 77.6 Å². The summed E-state index contributed by atoms with van der Waals surface area (Å²) in [6, 6.07) is 27.4. The fourth-order valence-corrected chi connectivity index (χ4v) is 4.11. The van der Waals surface area contributed by atoms with Crippen LogP contribution in [0.1, 0.15) is 21.6 Å². The molecule has 4 aromatic rings. The van der Waals surface area contributed by atoms with Crippen LogP contribution < -0.4 is 10.2 Å². The summed E-state index contributed by atoms with van der Waals surface area (Å²) in [6.07, 6.45) is 0.345. The standard InChI is InChI=1S/C26H22N4O2/c31-15-14-30-17-24(29-26(32)22-16-19-10-4-6-12-21(19)27-22)28-25(18-8-2-1-3-9-18)20-11-5-7-13-23(20)30/h1-13,15-16,24,27H,14,17H2,(H,29,32). The highest BCUT2D eigenvalue weighted by atomic mass is 16.2. The van der Waals surface area contributed by atoms with Gasteiger partial charge in [-0.25, -0.2) is 0 Å². The van der Waals surface area contributed by atoms with Crippen LogP contribution in [0.15, 0.2) is 89.9 Å². The third-order valence-corrected chi connectivity index (χ3v) is 5.59. The molecular weight excluding hydrogens is 400 g/mol. The van der Waals surface area contributed by atoms with Crippen LogP contribution in [0, 0.1) is 0 Å². The summed E-state index contributed by atoms with van der Waals surface area (Å²) in [5, 5.41) is 4.02. The van der Waals surface area contributed by atoms with Gasteiger partial charge in [-0.1, -0.05) is 66.7 Å². The van der Waals surface area contributed by atoms with E-state index in [0.717, 1.165) is 39.7 Å². The lowest BCUT2D eigenvalue weighted by atomic mass is 10.0. The number of amides is 1. The number of rotatable bonds is 5. The molecule has 1 atom stereocenters. The Morgan fingerprint density at radius 2 is 1.78 bits per heavy atom. The molecule has 0 spiro atoms. The molecule has 1 amide bonds. The number of aromatic amines is 1. The quantitative estimate of drug-likeness (QED) is 0.481. The Balaban J connectivity index is 1.53. The Morgan fingerprint density at radius 1 is 1.03 bits per heavy atom. The molecule has 3 aromatic carbocycles. The van der Waals surface area contributed by atoms with Gasteiger partial charge in [0, 0.05) is 27.7 Å². The first-order valence-electron chi connectivity index (χ1n) is 10.5. The van der Waals surface area contributed by atoms with E-state index in [2.05, 4.69) is 10.3 Å². The van der Waals surface area contributed by atoms with Crippen LogP contribution in [0.4, 0.5) is 5.69 Å². The second kappa shape index (κ2) is 8.51. The number of aldehydes is 1. The third-order valence-electron chi connectivity index (χ3n) is 5.59. The predicted octanol–water partition coefficient (Wildman–Crippen LogP) is 3.78. The molecule has 2 heterocycles. The van der Waals surface area contributed by atoms with Crippen molar-refractivity contribution in [2.24, 2.45) is 4.99 Å². The van der Waals surface area contributed by atoms with Gasteiger partial charge in [0.15, 0.2) is 0 Å². The molecule has 6 nitrogen and oxygen atoms in total. The number of hydrogen-bond acceptors (Lipinski definition) is 4. The van der Waals surface area contributed by atoms with Gasteiger partial charge in [0.05, 0.1) is 18.8 Å². The molecule has 6 heteroatoms. The summed E-state index contributed by atoms with van der Waals surface area (Å²) in [5.41, 5.74) is 4.98. The number of anilines is 1. The molecule has 2 N–H and O–H groups in total. The molecule has 0 saturated heterocycles. The normalized spacial score (nSPS) is 15.6. The van der Waals surface area contributed by atoms with Crippen molar-refractivity contribution in [1.82, 2.24) is 10.3 Å². The average Bonchev–Trinajstić information content (AvgIpc) is 3.21. The van der Waals surface area contributed by atoms with Crippen LogP contribution >= 0.6 is 0 Å². The molecular formula is C26H22N4O2. The summed E-state index contributed by atoms with van der Waals surface area (Å²) in [7, 11) is 0. The minimum Gasteiger partial charge on any atom is -0.360 e. The highest BCUT2D eigenvalue weighted by Gasteiger charge is 2.26. The number of para-hydroxylation sites is 2. The Kier molecular flexibility index (Phi) is 5.25. The number of carbonyl (C=O) groups is 2. The van der Waals surface area contributed by atoms with Gasteiger partial charge in [-0.05, 0) is 18.2 Å². The van der Waals surface area contributed by atoms with Crippen molar-refractivity contribution in [3.05, 3.63) is 102 Å². The number of benzene rings is 3. The third kappa shape index (κ3) is 3.78. The Bertz CT molecular complexity index is 1280. The van der Waals surface area contributed by atoms with Crippen LogP contribution in [-0.4, -0.2) is 42.1 Å². The Labute approximate surface area is 185 Å². The van der Waals surface area contributed by atoms with Gasteiger partial charge >= 0.3 is 0 Å². The van der Waals surface area contributed by atoms with Crippen LogP contribution in [0.25, 0.3) is 10.9 Å². The van der Waals surface area contributed by atoms with Crippen molar-refractivity contribution in [2.75, 3.05) is 18.0 Å². The van der Waals surface area contributed by atoms with E-state index >= 15 is 0 Å². The maximum absolute atomic E-state index is 13.1. The Hall–Kier alpha value is -4.19. The summed E-state index contributed by atoms with van der Waals surface area (Å²) in [4.78, 5) is 34.6. The molecule has 32 heavy (non-hydrogen) atoms. The van der Waals surface area contributed by atoms with Gasteiger partial charge in [-0.15, -0.1) is 0 Å².